The zero-order valence-corrected chi connectivity index (χ0v) is 15.6. The SMILES string of the molecule is CN(CCc1ccccn1)C(=O)c1ccc(NC(=O)Nc2ccccc2)cc1. The Hall–Kier alpha value is -3.67. The van der Waals surface area contributed by atoms with Gasteiger partial charge >= 0.3 is 6.03 Å². The van der Waals surface area contributed by atoms with Crippen molar-refractivity contribution in [3.05, 3.63) is 90.3 Å². The lowest BCUT2D eigenvalue weighted by atomic mass is 10.1. The molecule has 142 valence electrons. The first-order chi connectivity index (χ1) is 13.6. The first-order valence-electron chi connectivity index (χ1n) is 9.00. The van der Waals surface area contributed by atoms with Gasteiger partial charge < -0.3 is 15.5 Å². The number of hydrogen-bond donors (Lipinski definition) is 2. The fraction of sp³-hybridized carbons (Fsp3) is 0.136. The van der Waals surface area contributed by atoms with Crippen LogP contribution in [-0.4, -0.2) is 35.4 Å². The van der Waals surface area contributed by atoms with Gasteiger partial charge in [0.1, 0.15) is 0 Å². The summed E-state index contributed by atoms with van der Waals surface area (Å²) in [6.07, 6.45) is 2.44. The number of likely N-dealkylation sites (N-methyl/N-ethyl adjacent to an activating group) is 1. The Labute approximate surface area is 164 Å². The average Bonchev–Trinajstić information content (AvgIpc) is 2.73. The molecule has 0 unspecified atom stereocenters. The number of urea groups is 1. The number of carbonyl (C=O) groups is 2. The molecule has 1 heterocycles. The molecular weight excluding hydrogens is 352 g/mol. The number of rotatable bonds is 6. The summed E-state index contributed by atoms with van der Waals surface area (Å²) in [5, 5.41) is 5.50. The second-order valence-electron chi connectivity index (χ2n) is 6.32. The zero-order chi connectivity index (χ0) is 19.8. The average molecular weight is 374 g/mol. The standard InChI is InChI=1S/C22H22N4O2/c1-26(16-14-18-7-5-6-15-23-18)21(27)17-10-12-20(13-11-17)25-22(28)24-19-8-3-2-4-9-19/h2-13,15H,14,16H2,1H3,(H2,24,25,28). The molecule has 0 saturated heterocycles. The van der Waals surface area contributed by atoms with Crippen molar-refractivity contribution < 1.29 is 9.59 Å². The molecule has 3 rings (SSSR count). The van der Waals surface area contributed by atoms with E-state index in [1.165, 1.54) is 0 Å². The predicted molar refractivity (Wildman–Crippen MR) is 110 cm³/mol. The Balaban J connectivity index is 1.52. The molecule has 2 N–H and O–H groups in total. The van der Waals surface area contributed by atoms with E-state index in [1.54, 1.807) is 42.4 Å². The van der Waals surface area contributed by atoms with Gasteiger partial charge in [0, 0.05) is 48.8 Å². The Morgan fingerprint density at radius 1 is 0.857 bits per heavy atom. The third-order valence-corrected chi connectivity index (χ3v) is 4.20. The summed E-state index contributed by atoms with van der Waals surface area (Å²) in [5.74, 6) is -0.0729. The van der Waals surface area contributed by atoms with E-state index in [-0.39, 0.29) is 11.9 Å². The Morgan fingerprint density at radius 3 is 2.14 bits per heavy atom. The van der Waals surface area contributed by atoms with Gasteiger partial charge in [0.25, 0.3) is 5.91 Å². The van der Waals surface area contributed by atoms with Gasteiger partial charge in [0.05, 0.1) is 0 Å². The number of amides is 3. The molecule has 2 aromatic carbocycles. The maximum atomic E-state index is 12.5. The molecule has 0 radical (unpaired) electrons. The summed E-state index contributed by atoms with van der Waals surface area (Å²) in [7, 11) is 1.77. The number of carbonyl (C=O) groups excluding carboxylic acids is 2. The van der Waals surface area contributed by atoms with Crippen LogP contribution in [0.15, 0.2) is 79.0 Å². The summed E-state index contributed by atoms with van der Waals surface area (Å²) < 4.78 is 0. The summed E-state index contributed by atoms with van der Waals surface area (Å²) in [6.45, 7) is 0.579. The van der Waals surface area contributed by atoms with Gasteiger partial charge in [-0.05, 0) is 48.5 Å². The Bertz CT molecular complexity index is 912. The third kappa shape index (κ3) is 5.41. The Kier molecular flexibility index (Phi) is 6.36. The molecule has 0 saturated carbocycles. The molecule has 6 nitrogen and oxygen atoms in total. The maximum absolute atomic E-state index is 12.5. The highest BCUT2D eigenvalue weighted by atomic mass is 16.2. The minimum atomic E-state index is -0.335. The third-order valence-electron chi connectivity index (χ3n) is 4.20. The molecule has 0 bridgehead atoms. The maximum Gasteiger partial charge on any atom is 0.323 e. The molecule has 0 atom stereocenters. The highest BCUT2D eigenvalue weighted by molar-refractivity contribution is 6.00. The van der Waals surface area contributed by atoms with Gasteiger partial charge in [-0.3, -0.25) is 9.78 Å². The van der Waals surface area contributed by atoms with Crippen molar-refractivity contribution in [3.8, 4) is 0 Å². The quantitative estimate of drug-likeness (QED) is 0.684. The van der Waals surface area contributed by atoms with Crippen LogP contribution in [0.4, 0.5) is 16.2 Å². The highest BCUT2D eigenvalue weighted by Gasteiger charge is 2.12. The molecule has 28 heavy (non-hydrogen) atoms. The lowest BCUT2D eigenvalue weighted by Gasteiger charge is -2.17. The summed E-state index contributed by atoms with van der Waals surface area (Å²) in [4.78, 5) is 30.5. The van der Waals surface area contributed by atoms with Crippen molar-refractivity contribution in [2.24, 2.45) is 0 Å². The molecule has 0 aliphatic carbocycles. The lowest BCUT2D eigenvalue weighted by molar-refractivity contribution is 0.0796. The first kappa shape index (κ1) is 19.1. The molecule has 1 aromatic heterocycles. The summed E-state index contributed by atoms with van der Waals surface area (Å²) in [5.41, 5.74) is 2.84. The molecule has 6 heteroatoms. The number of pyridine rings is 1. The number of hydrogen-bond acceptors (Lipinski definition) is 3. The summed E-state index contributed by atoms with van der Waals surface area (Å²) >= 11 is 0. The number of para-hydroxylation sites is 1. The van der Waals surface area contributed by atoms with Crippen LogP contribution >= 0.6 is 0 Å². The largest absolute Gasteiger partial charge is 0.341 e. The molecular formula is C22H22N4O2. The molecule has 3 aromatic rings. The summed E-state index contributed by atoms with van der Waals surface area (Å²) in [6, 6.07) is 21.4. The second kappa shape index (κ2) is 9.32. The first-order valence-corrected chi connectivity index (χ1v) is 9.00. The van der Waals surface area contributed by atoms with E-state index in [4.69, 9.17) is 0 Å². The molecule has 0 fully saturated rings. The number of nitrogens with one attached hydrogen (secondary N) is 2. The van der Waals surface area contributed by atoms with Gasteiger partial charge in [-0.2, -0.15) is 0 Å². The van der Waals surface area contributed by atoms with Crippen molar-refractivity contribution in [2.45, 2.75) is 6.42 Å². The molecule has 0 spiro atoms. The number of anilines is 2. The monoisotopic (exact) mass is 374 g/mol. The van der Waals surface area contributed by atoms with Crippen LogP contribution in [-0.2, 0) is 6.42 Å². The van der Waals surface area contributed by atoms with Crippen LogP contribution in [0.5, 0.6) is 0 Å². The highest BCUT2D eigenvalue weighted by Crippen LogP contribution is 2.13. The van der Waals surface area contributed by atoms with E-state index in [0.717, 1.165) is 5.69 Å². The van der Waals surface area contributed by atoms with Crippen LogP contribution in [0.3, 0.4) is 0 Å². The van der Waals surface area contributed by atoms with Crippen LogP contribution in [0.2, 0.25) is 0 Å². The van der Waals surface area contributed by atoms with Gasteiger partial charge in [0.15, 0.2) is 0 Å². The number of aromatic nitrogens is 1. The van der Waals surface area contributed by atoms with Gasteiger partial charge in [-0.15, -0.1) is 0 Å². The van der Waals surface area contributed by atoms with E-state index in [1.807, 2.05) is 48.5 Å². The lowest BCUT2D eigenvalue weighted by Crippen LogP contribution is -2.29. The van der Waals surface area contributed by atoms with E-state index in [2.05, 4.69) is 15.6 Å². The van der Waals surface area contributed by atoms with E-state index in [0.29, 0.717) is 29.9 Å². The smallest absolute Gasteiger partial charge is 0.323 e. The van der Waals surface area contributed by atoms with Crippen molar-refractivity contribution >= 4 is 23.3 Å². The van der Waals surface area contributed by atoms with Crippen molar-refractivity contribution in [3.63, 3.8) is 0 Å². The normalized spacial score (nSPS) is 10.2. The molecule has 0 aliphatic heterocycles. The van der Waals surface area contributed by atoms with Crippen LogP contribution < -0.4 is 10.6 Å². The fourth-order valence-corrected chi connectivity index (χ4v) is 2.66. The van der Waals surface area contributed by atoms with Crippen LogP contribution in [0.1, 0.15) is 16.1 Å². The number of benzene rings is 2. The molecule has 3 amide bonds. The van der Waals surface area contributed by atoms with E-state index in [9.17, 15) is 9.59 Å². The van der Waals surface area contributed by atoms with Gasteiger partial charge in [0.2, 0.25) is 0 Å². The minimum absolute atomic E-state index is 0.0729. The zero-order valence-electron chi connectivity index (χ0n) is 15.6. The second-order valence-corrected chi connectivity index (χ2v) is 6.32. The van der Waals surface area contributed by atoms with Crippen LogP contribution in [0.25, 0.3) is 0 Å². The van der Waals surface area contributed by atoms with Gasteiger partial charge in [-0.25, -0.2) is 4.79 Å². The number of nitrogens with zero attached hydrogens (tertiary/aromatic N) is 2. The van der Waals surface area contributed by atoms with E-state index >= 15 is 0 Å². The van der Waals surface area contributed by atoms with E-state index < -0.39 is 0 Å². The van der Waals surface area contributed by atoms with Crippen LogP contribution in [0, 0.1) is 0 Å². The topological polar surface area (TPSA) is 74.3 Å². The fourth-order valence-electron chi connectivity index (χ4n) is 2.66. The Morgan fingerprint density at radius 2 is 1.50 bits per heavy atom. The molecule has 0 aliphatic rings. The van der Waals surface area contributed by atoms with Crippen molar-refractivity contribution in [1.29, 1.82) is 0 Å². The minimum Gasteiger partial charge on any atom is -0.341 e. The predicted octanol–water partition coefficient (Wildman–Crippen LogP) is 4.04. The van der Waals surface area contributed by atoms with Crippen molar-refractivity contribution in [2.75, 3.05) is 24.2 Å². The van der Waals surface area contributed by atoms with Gasteiger partial charge in [-0.1, -0.05) is 24.3 Å². The van der Waals surface area contributed by atoms with Crippen molar-refractivity contribution in [1.82, 2.24) is 9.88 Å².